The molecule has 114 valence electrons. The number of benzene rings is 1. The zero-order chi connectivity index (χ0) is 15.5. The molecule has 0 saturated carbocycles. The SMILES string of the molecule is Cc1cccc(-c2nnc(C)n2CCCn2ccnc2)c1N. The number of hydrogen-bond donors (Lipinski definition) is 1. The van der Waals surface area contributed by atoms with Crippen LogP contribution in [0.15, 0.2) is 36.9 Å². The van der Waals surface area contributed by atoms with Crippen LogP contribution in [0.3, 0.4) is 0 Å². The summed E-state index contributed by atoms with van der Waals surface area (Å²) in [6, 6.07) is 6.00. The van der Waals surface area contributed by atoms with E-state index in [1.54, 1.807) is 6.20 Å². The molecule has 0 atom stereocenters. The van der Waals surface area contributed by atoms with Gasteiger partial charge in [-0.3, -0.25) is 0 Å². The molecule has 3 rings (SSSR count). The molecule has 0 bridgehead atoms. The van der Waals surface area contributed by atoms with Crippen molar-refractivity contribution in [3.8, 4) is 11.4 Å². The van der Waals surface area contributed by atoms with Gasteiger partial charge < -0.3 is 14.9 Å². The quantitative estimate of drug-likeness (QED) is 0.734. The Morgan fingerprint density at radius 3 is 2.77 bits per heavy atom. The van der Waals surface area contributed by atoms with Gasteiger partial charge >= 0.3 is 0 Å². The van der Waals surface area contributed by atoms with Crippen molar-refractivity contribution < 1.29 is 0 Å². The predicted molar refractivity (Wildman–Crippen MR) is 86.2 cm³/mol. The van der Waals surface area contributed by atoms with Gasteiger partial charge in [-0.05, 0) is 31.9 Å². The minimum absolute atomic E-state index is 0.769. The summed E-state index contributed by atoms with van der Waals surface area (Å²) in [6.07, 6.45) is 6.58. The molecule has 2 N–H and O–H groups in total. The molecule has 0 saturated heterocycles. The Morgan fingerprint density at radius 2 is 2.00 bits per heavy atom. The molecule has 0 amide bonds. The van der Waals surface area contributed by atoms with Crippen LogP contribution < -0.4 is 5.73 Å². The smallest absolute Gasteiger partial charge is 0.166 e. The van der Waals surface area contributed by atoms with Gasteiger partial charge in [0.05, 0.1) is 6.33 Å². The third-order valence-corrected chi connectivity index (χ3v) is 3.86. The van der Waals surface area contributed by atoms with E-state index >= 15 is 0 Å². The molecule has 6 nitrogen and oxygen atoms in total. The molecule has 0 aliphatic carbocycles. The van der Waals surface area contributed by atoms with E-state index in [2.05, 4.69) is 24.3 Å². The normalized spacial score (nSPS) is 11.0. The molecule has 0 unspecified atom stereocenters. The van der Waals surface area contributed by atoms with E-state index < -0.39 is 0 Å². The number of aromatic nitrogens is 5. The van der Waals surface area contributed by atoms with Crippen LogP contribution in [0.5, 0.6) is 0 Å². The molecule has 0 aliphatic heterocycles. The van der Waals surface area contributed by atoms with Crippen molar-refractivity contribution in [2.75, 3.05) is 5.73 Å². The summed E-state index contributed by atoms with van der Waals surface area (Å²) in [5.74, 6) is 1.74. The summed E-state index contributed by atoms with van der Waals surface area (Å²) in [6.45, 7) is 5.74. The molecule has 0 radical (unpaired) electrons. The number of hydrogen-bond acceptors (Lipinski definition) is 4. The second-order valence-corrected chi connectivity index (χ2v) is 5.41. The predicted octanol–water partition coefficient (Wildman–Crippen LogP) is 2.43. The molecule has 0 fully saturated rings. The Bertz CT molecular complexity index is 757. The van der Waals surface area contributed by atoms with Crippen LogP contribution in [0.1, 0.15) is 17.8 Å². The first-order valence-corrected chi connectivity index (χ1v) is 7.38. The number of aryl methyl sites for hydroxylation is 3. The maximum absolute atomic E-state index is 6.21. The molecule has 0 aliphatic rings. The Morgan fingerprint density at radius 1 is 1.14 bits per heavy atom. The topological polar surface area (TPSA) is 74.5 Å². The number of rotatable bonds is 5. The number of nitrogens with two attached hydrogens (primary N) is 1. The van der Waals surface area contributed by atoms with Gasteiger partial charge in [-0.15, -0.1) is 10.2 Å². The number of para-hydroxylation sites is 1. The number of imidazole rings is 1. The first-order valence-electron chi connectivity index (χ1n) is 7.38. The van der Waals surface area contributed by atoms with Crippen LogP contribution in [-0.2, 0) is 13.1 Å². The average molecular weight is 296 g/mol. The first kappa shape index (κ1) is 14.3. The minimum atomic E-state index is 0.769. The third-order valence-electron chi connectivity index (χ3n) is 3.86. The van der Waals surface area contributed by atoms with Crippen LogP contribution in [0, 0.1) is 13.8 Å². The monoisotopic (exact) mass is 296 g/mol. The highest BCUT2D eigenvalue weighted by molar-refractivity contribution is 5.74. The fourth-order valence-electron chi connectivity index (χ4n) is 2.55. The lowest BCUT2D eigenvalue weighted by molar-refractivity contribution is 0.557. The maximum Gasteiger partial charge on any atom is 0.166 e. The zero-order valence-electron chi connectivity index (χ0n) is 12.9. The lowest BCUT2D eigenvalue weighted by Crippen LogP contribution is -2.07. The molecule has 0 spiro atoms. The van der Waals surface area contributed by atoms with E-state index in [-0.39, 0.29) is 0 Å². The summed E-state index contributed by atoms with van der Waals surface area (Å²) in [5, 5.41) is 8.54. The highest BCUT2D eigenvalue weighted by Gasteiger charge is 2.14. The van der Waals surface area contributed by atoms with E-state index in [1.165, 1.54) is 0 Å². The lowest BCUT2D eigenvalue weighted by Gasteiger charge is -2.11. The second kappa shape index (κ2) is 6.01. The maximum atomic E-state index is 6.21. The van der Waals surface area contributed by atoms with Gasteiger partial charge in [0.1, 0.15) is 5.82 Å². The fourth-order valence-corrected chi connectivity index (χ4v) is 2.55. The van der Waals surface area contributed by atoms with Crippen molar-refractivity contribution in [2.24, 2.45) is 0 Å². The van der Waals surface area contributed by atoms with Crippen molar-refractivity contribution in [2.45, 2.75) is 33.4 Å². The number of nitrogen functional groups attached to an aromatic ring is 1. The third kappa shape index (κ3) is 2.72. The molecule has 6 heteroatoms. The first-order chi connectivity index (χ1) is 10.7. The van der Waals surface area contributed by atoms with Crippen LogP contribution in [-0.4, -0.2) is 24.3 Å². The van der Waals surface area contributed by atoms with Crippen LogP contribution in [0.4, 0.5) is 5.69 Å². The van der Waals surface area contributed by atoms with Crippen molar-refractivity contribution >= 4 is 5.69 Å². The van der Waals surface area contributed by atoms with Crippen molar-refractivity contribution in [1.82, 2.24) is 24.3 Å². The summed E-state index contributed by atoms with van der Waals surface area (Å²) >= 11 is 0. The van der Waals surface area contributed by atoms with Gasteiger partial charge in [0, 0.05) is 36.7 Å². The van der Waals surface area contributed by atoms with Gasteiger partial charge in [0.25, 0.3) is 0 Å². The Labute approximate surface area is 129 Å². The second-order valence-electron chi connectivity index (χ2n) is 5.41. The van der Waals surface area contributed by atoms with Crippen LogP contribution in [0.2, 0.25) is 0 Å². The average Bonchev–Trinajstić information content (AvgIpc) is 3.13. The van der Waals surface area contributed by atoms with Crippen LogP contribution >= 0.6 is 0 Å². The van der Waals surface area contributed by atoms with Gasteiger partial charge in [-0.1, -0.05) is 12.1 Å². The van der Waals surface area contributed by atoms with Crippen LogP contribution in [0.25, 0.3) is 11.4 Å². The molecule has 2 aromatic heterocycles. The van der Waals surface area contributed by atoms with Crippen molar-refractivity contribution in [1.29, 1.82) is 0 Å². The highest BCUT2D eigenvalue weighted by atomic mass is 15.3. The lowest BCUT2D eigenvalue weighted by atomic mass is 10.1. The summed E-state index contributed by atoms with van der Waals surface area (Å²) in [7, 11) is 0. The van der Waals surface area contributed by atoms with E-state index in [0.29, 0.717) is 0 Å². The Hall–Kier alpha value is -2.63. The van der Waals surface area contributed by atoms with Gasteiger partial charge in [-0.2, -0.15) is 0 Å². The Balaban J connectivity index is 1.83. The van der Waals surface area contributed by atoms with Gasteiger partial charge in [0.15, 0.2) is 5.82 Å². The van der Waals surface area contributed by atoms with Gasteiger partial charge in [0.2, 0.25) is 0 Å². The largest absolute Gasteiger partial charge is 0.398 e. The fraction of sp³-hybridized carbons (Fsp3) is 0.312. The summed E-state index contributed by atoms with van der Waals surface area (Å²) in [5.41, 5.74) is 8.98. The minimum Gasteiger partial charge on any atom is -0.398 e. The standard InChI is InChI=1S/C16H20N6/c1-12-5-3-6-14(15(12)17)16-20-19-13(2)22(16)9-4-8-21-10-7-18-11-21/h3,5-7,10-11H,4,8-9,17H2,1-2H3. The van der Waals surface area contributed by atoms with E-state index in [1.807, 2.05) is 44.6 Å². The number of anilines is 1. The zero-order valence-corrected chi connectivity index (χ0v) is 12.9. The summed E-state index contributed by atoms with van der Waals surface area (Å²) < 4.78 is 4.20. The van der Waals surface area contributed by atoms with E-state index in [4.69, 9.17) is 5.73 Å². The van der Waals surface area contributed by atoms with Crippen molar-refractivity contribution in [3.05, 3.63) is 48.3 Å². The molecule has 1 aromatic carbocycles. The van der Waals surface area contributed by atoms with Gasteiger partial charge in [-0.25, -0.2) is 4.98 Å². The molecule has 3 aromatic rings. The molecular formula is C16H20N6. The molecular weight excluding hydrogens is 276 g/mol. The van der Waals surface area contributed by atoms with Crippen molar-refractivity contribution in [3.63, 3.8) is 0 Å². The Kier molecular flexibility index (Phi) is 3.91. The molecule has 22 heavy (non-hydrogen) atoms. The van der Waals surface area contributed by atoms with E-state index in [0.717, 1.165) is 48.0 Å². The highest BCUT2D eigenvalue weighted by Crippen LogP contribution is 2.27. The van der Waals surface area contributed by atoms with E-state index in [9.17, 15) is 0 Å². The summed E-state index contributed by atoms with van der Waals surface area (Å²) in [4.78, 5) is 4.06. The molecule has 2 heterocycles. The number of nitrogens with zero attached hydrogens (tertiary/aromatic N) is 5.